The highest BCUT2D eigenvalue weighted by Crippen LogP contribution is 2.28. The lowest BCUT2D eigenvalue weighted by molar-refractivity contribution is 0.545. The van der Waals surface area contributed by atoms with Crippen molar-refractivity contribution in [2.45, 2.75) is 40.0 Å². The van der Waals surface area contributed by atoms with Crippen molar-refractivity contribution in [3.63, 3.8) is 0 Å². The molecule has 2 aromatic rings. The fourth-order valence-corrected chi connectivity index (χ4v) is 2.42. The van der Waals surface area contributed by atoms with Gasteiger partial charge >= 0.3 is 0 Å². The predicted octanol–water partition coefficient (Wildman–Crippen LogP) is 4.36. The molecule has 0 amide bonds. The number of nitrogen functional groups attached to an aromatic ring is 1. The number of aryl methyl sites for hydroxylation is 1. The first-order valence-corrected chi connectivity index (χ1v) is 7.46. The van der Waals surface area contributed by atoms with Crippen LogP contribution in [-0.4, -0.2) is 11.5 Å². The minimum absolute atomic E-state index is 0.790. The summed E-state index contributed by atoms with van der Waals surface area (Å²) >= 11 is 0. The Morgan fingerprint density at radius 3 is 2.75 bits per heavy atom. The third-order valence-corrected chi connectivity index (χ3v) is 3.60. The highest BCUT2D eigenvalue weighted by Gasteiger charge is 2.05. The van der Waals surface area contributed by atoms with E-state index in [4.69, 9.17) is 5.73 Å². The Balaban J connectivity index is 2.06. The second-order valence-electron chi connectivity index (χ2n) is 5.89. The zero-order valence-corrected chi connectivity index (χ0v) is 12.7. The van der Waals surface area contributed by atoms with Gasteiger partial charge in [0.15, 0.2) is 0 Å². The molecule has 3 N–H and O–H groups in total. The molecule has 0 aliphatic carbocycles. The summed E-state index contributed by atoms with van der Waals surface area (Å²) in [5, 5.41) is 5.73. The van der Waals surface area contributed by atoms with Crippen LogP contribution < -0.4 is 11.1 Å². The standard InChI is InChI=1S/C17H25N3/c1-12(2)6-4-5-9-19-17-8-7-16(18)15-11-20-13(3)10-14(15)17/h7-8,10-12,19H,4-6,9,18H2,1-3H3. The third kappa shape index (κ3) is 3.62. The van der Waals surface area contributed by atoms with E-state index in [9.17, 15) is 0 Å². The highest BCUT2D eigenvalue weighted by molar-refractivity contribution is 6.00. The average Bonchev–Trinajstić information content (AvgIpc) is 2.40. The molecule has 0 unspecified atom stereocenters. The van der Waals surface area contributed by atoms with Crippen LogP contribution in [0.15, 0.2) is 24.4 Å². The average molecular weight is 271 g/mol. The Kier molecular flexibility index (Phi) is 4.83. The second kappa shape index (κ2) is 6.60. The first-order valence-electron chi connectivity index (χ1n) is 7.46. The number of hydrogen-bond acceptors (Lipinski definition) is 3. The van der Waals surface area contributed by atoms with Crippen LogP contribution in [0.1, 0.15) is 38.8 Å². The molecule has 0 saturated heterocycles. The first-order chi connectivity index (χ1) is 9.58. The summed E-state index contributed by atoms with van der Waals surface area (Å²) in [7, 11) is 0. The second-order valence-corrected chi connectivity index (χ2v) is 5.89. The molecule has 0 spiro atoms. The van der Waals surface area contributed by atoms with Gasteiger partial charge in [-0.05, 0) is 37.5 Å². The van der Waals surface area contributed by atoms with Gasteiger partial charge in [0.1, 0.15) is 0 Å². The molecule has 2 rings (SSSR count). The Morgan fingerprint density at radius 1 is 1.20 bits per heavy atom. The van der Waals surface area contributed by atoms with E-state index in [1.165, 1.54) is 24.6 Å². The van der Waals surface area contributed by atoms with Gasteiger partial charge in [-0.15, -0.1) is 0 Å². The van der Waals surface area contributed by atoms with Crippen LogP contribution in [0.25, 0.3) is 10.8 Å². The number of nitrogens with zero attached hydrogens (tertiary/aromatic N) is 1. The zero-order chi connectivity index (χ0) is 14.5. The van der Waals surface area contributed by atoms with Crippen LogP contribution in [0.2, 0.25) is 0 Å². The third-order valence-electron chi connectivity index (χ3n) is 3.60. The number of nitrogens with two attached hydrogens (primary N) is 1. The van der Waals surface area contributed by atoms with Crippen molar-refractivity contribution < 1.29 is 0 Å². The number of unbranched alkanes of at least 4 members (excludes halogenated alkanes) is 1. The normalized spacial score (nSPS) is 11.2. The number of pyridine rings is 1. The van der Waals surface area contributed by atoms with E-state index in [0.717, 1.165) is 34.9 Å². The topological polar surface area (TPSA) is 50.9 Å². The number of aromatic nitrogens is 1. The minimum atomic E-state index is 0.790. The van der Waals surface area contributed by atoms with E-state index in [1.54, 1.807) is 0 Å². The van der Waals surface area contributed by atoms with Gasteiger partial charge in [0.2, 0.25) is 0 Å². The van der Waals surface area contributed by atoms with Crippen molar-refractivity contribution in [1.29, 1.82) is 0 Å². The van der Waals surface area contributed by atoms with Crippen LogP contribution in [0.5, 0.6) is 0 Å². The SMILES string of the molecule is Cc1cc2c(NCCCCC(C)C)ccc(N)c2cn1. The largest absolute Gasteiger partial charge is 0.398 e. The highest BCUT2D eigenvalue weighted by atomic mass is 14.9. The molecule has 0 atom stereocenters. The molecule has 0 saturated carbocycles. The molecule has 3 nitrogen and oxygen atoms in total. The van der Waals surface area contributed by atoms with Gasteiger partial charge in [-0.2, -0.15) is 0 Å². The van der Waals surface area contributed by atoms with Gasteiger partial charge in [0, 0.05) is 40.6 Å². The number of fused-ring (bicyclic) bond motifs is 1. The van der Waals surface area contributed by atoms with Gasteiger partial charge in [0.05, 0.1) is 0 Å². The van der Waals surface area contributed by atoms with Crippen LogP contribution >= 0.6 is 0 Å². The molecule has 0 aliphatic rings. The maximum absolute atomic E-state index is 6.02. The fourth-order valence-electron chi connectivity index (χ4n) is 2.42. The number of rotatable bonds is 6. The van der Waals surface area contributed by atoms with Gasteiger partial charge < -0.3 is 11.1 Å². The molecular formula is C17H25N3. The molecule has 0 fully saturated rings. The lowest BCUT2D eigenvalue weighted by Crippen LogP contribution is -2.03. The first kappa shape index (κ1) is 14.6. The summed E-state index contributed by atoms with van der Waals surface area (Å²) in [6.45, 7) is 7.57. The quantitative estimate of drug-likeness (QED) is 0.606. The molecule has 0 bridgehead atoms. The molecule has 108 valence electrons. The summed E-state index contributed by atoms with van der Waals surface area (Å²) in [4.78, 5) is 4.33. The van der Waals surface area contributed by atoms with Gasteiger partial charge in [-0.3, -0.25) is 4.98 Å². The number of hydrogen-bond donors (Lipinski definition) is 2. The fraction of sp³-hybridized carbons (Fsp3) is 0.471. The molecule has 20 heavy (non-hydrogen) atoms. The lowest BCUT2D eigenvalue weighted by atomic mass is 10.1. The maximum Gasteiger partial charge on any atom is 0.0422 e. The Hall–Kier alpha value is -1.77. The van der Waals surface area contributed by atoms with Crippen LogP contribution in [0, 0.1) is 12.8 Å². The van der Waals surface area contributed by atoms with Crippen molar-refractivity contribution in [3.8, 4) is 0 Å². The summed E-state index contributed by atoms with van der Waals surface area (Å²) < 4.78 is 0. The summed E-state index contributed by atoms with van der Waals surface area (Å²) in [6.07, 6.45) is 5.64. The maximum atomic E-state index is 6.02. The summed E-state index contributed by atoms with van der Waals surface area (Å²) in [5.74, 6) is 0.793. The van der Waals surface area contributed by atoms with Gasteiger partial charge in [-0.25, -0.2) is 0 Å². The van der Waals surface area contributed by atoms with Crippen molar-refractivity contribution >= 4 is 22.1 Å². The molecule has 0 radical (unpaired) electrons. The zero-order valence-electron chi connectivity index (χ0n) is 12.7. The number of benzene rings is 1. The van der Waals surface area contributed by atoms with Crippen molar-refractivity contribution in [2.75, 3.05) is 17.6 Å². The summed E-state index contributed by atoms with van der Waals surface area (Å²) in [6, 6.07) is 6.12. The predicted molar refractivity (Wildman–Crippen MR) is 88.1 cm³/mol. The van der Waals surface area contributed by atoms with Crippen LogP contribution in [-0.2, 0) is 0 Å². The van der Waals surface area contributed by atoms with Gasteiger partial charge in [0.25, 0.3) is 0 Å². The van der Waals surface area contributed by atoms with E-state index in [-0.39, 0.29) is 0 Å². The van der Waals surface area contributed by atoms with Gasteiger partial charge in [-0.1, -0.05) is 26.7 Å². The van der Waals surface area contributed by atoms with Crippen molar-refractivity contribution in [2.24, 2.45) is 5.92 Å². The van der Waals surface area contributed by atoms with Crippen molar-refractivity contribution in [3.05, 3.63) is 30.1 Å². The molecule has 1 aromatic carbocycles. The van der Waals surface area contributed by atoms with Crippen LogP contribution in [0.4, 0.5) is 11.4 Å². The number of anilines is 2. The Bertz CT molecular complexity index is 576. The smallest absolute Gasteiger partial charge is 0.0422 e. The van der Waals surface area contributed by atoms with Crippen LogP contribution in [0.3, 0.4) is 0 Å². The van der Waals surface area contributed by atoms with E-state index in [0.29, 0.717) is 0 Å². The molecule has 0 aliphatic heterocycles. The Morgan fingerprint density at radius 2 is 2.00 bits per heavy atom. The molecule has 3 heteroatoms. The van der Waals surface area contributed by atoms with E-state index < -0.39 is 0 Å². The van der Waals surface area contributed by atoms with E-state index in [2.05, 4.69) is 36.3 Å². The molecule has 1 aromatic heterocycles. The monoisotopic (exact) mass is 271 g/mol. The van der Waals surface area contributed by atoms with Crippen molar-refractivity contribution in [1.82, 2.24) is 4.98 Å². The lowest BCUT2D eigenvalue weighted by Gasteiger charge is -2.12. The summed E-state index contributed by atoms with van der Waals surface area (Å²) in [5.41, 5.74) is 8.98. The molecule has 1 heterocycles. The van der Waals surface area contributed by atoms with E-state index in [1.807, 2.05) is 19.2 Å². The minimum Gasteiger partial charge on any atom is -0.398 e. The van der Waals surface area contributed by atoms with E-state index >= 15 is 0 Å². The Labute approximate surface area is 121 Å². The molecular weight excluding hydrogens is 246 g/mol. The number of nitrogens with one attached hydrogen (secondary N) is 1.